The van der Waals surface area contributed by atoms with Gasteiger partial charge in [0.25, 0.3) is 10.0 Å². The summed E-state index contributed by atoms with van der Waals surface area (Å²) in [5.41, 5.74) is 0.457. The maximum atomic E-state index is 12.0. The lowest BCUT2D eigenvalue weighted by molar-refractivity contribution is -0.114. The van der Waals surface area contributed by atoms with E-state index in [-0.39, 0.29) is 16.6 Å². The third-order valence-electron chi connectivity index (χ3n) is 2.46. The van der Waals surface area contributed by atoms with Gasteiger partial charge in [-0.2, -0.15) is 0 Å². The molecule has 2 N–H and O–H groups in total. The summed E-state index contributed by atoms with van der Waals surface area (Å²) in [6.07, 6.45) is 1.27. The molecule has 1 aromatic heterocycles. The molecule has 110 valence electrons. The van der Waals surface area contributed by atoms with Crippen LogP contribution >= 0.6 is 0 Å². The first-order valence-corrected chi connectivity index (χ1v) is 7.35. The van der Waals surface area contributed by atoms with Gasteiger partial charge in [0.2, 0.25) is 5.91 Å². The number of benzene rings is 1. The molecular formula is C13H12N2O5S. The number of carbonyl (C=O) groups is 2. The van der Waals surface area contributed by atoms with Gasteiger partial charge in [0.1, 0.15) is 0 Å². The highest BCUT2D eigenvalue weighted by Gasteiger charge is 2.20. The predicted molar refractivity (Wildman–Crippen MR) is 74.1 cm³/mol. The monoisotopic (exact) mass is 308 g/mol. The van der Waals surface area contributed by atoms with Crippen molar-refractivity contribution in [1.82, 2.24) is 4.72 Å². The number of sulfonamides is 1. The summed E-state index contributed by atoms with van der Waals surface area (Å²) in [6.45, 7) is 1.34. The highest BCUT2D eigenvalue weighted by molar-refractivity contribution is 7.90. The van der Waals surface area contributed by atoms with E-state index in [1.54, 1.807) is 0 Å². The largest absolute Gasteiger partial charge is 0.459 e. The van der Waals surface area contributed by atoms with E-state index in [1.807, 2.05) is 4.72 Å². The summed E-state index contributed by atoms with van der Waals surface area (Å²) < 4.78 is 30.7. The van der Waals surface area contributed by atoms with E-state index >= 15 is 0 Å². The molecule has 2 aromatic rings. The van der Waals surface area contributed by atoms with Gasteiger partial charge in [-0.3, -0.25) is 9.59 Å². The van der Waals surface area contributed by atoms with Crippen LogP contribution in [0.1, 0.15) is 17.5 Å². The SMILES string of the molecule is CC(=O)Nc1ccc(S(=O)(=O)NC(=O)c2ccco2)cc1. The molecule has 0 bridgehead atoms. The number of hydrogen-bond acceptors (Lipinski definition) is 5. The van der Waals surface area contributed by atoms with Gasteiger partial charge in [-0.25, -0.2) is 13.1 Å². The standard InChI is InChI=1S/C13H12N2O5S/c1-9(16)14-10-4-6-11(7-5-10)21(18,19)15-13(17)12-3-2-8-20-12/h2-8H,1H3,(H,14,16)(H,15,17). The second-order valence-electron chi connectivity index (χ2n) is 4.12. The predicted octanol–water partition coefficient (Wildman–Crippen LogP) is 1.36. The molecule has 1 aromatic carbocycles. The molecule has 0 saturated carbocycles. The van der Waals surface area contributed by atoms with Crippen LogP contribution in [0.15, 0.2) is 52.0 Å². The Bertz CT molecular complexity index is 748. The van der Waals surface area contributed by atoms with Gasteiger partial charge in [-0.15, -0.1) is 0 Å². The fraction of sp³-hybridized carbons (Fsp3) is 0.0769. The number of furan rings is 1. The van der Waals surface area contributed by atoms with Crippen molar-refractivity contribution in [2.45, 2.75) is 11.8 Å². The molecule has 2 rings (SSSR count). The topological polar surface area (TPSA) is 105 Å². The Hall–Kier alpha value is -2.61. The number of anilines is 1. The van der Waals surface area contributed by atoms with Crippen molar-refractivity contribution in [2.75, 3.05) is 5.32 Å². The van der Waals surface area contributed by atoms with Crippen LogP contribution < -0.4 is 10.0 Å². The first kappa shape index (κ1) is 14.8. The molecule has 1 heterocycles. The van der Waals surface area contributed by atoms with Gasteiger partial charge in [0.15, 0.2) is 5.76 Å². The zero-order chi connectivity index (χ0) is 15.5. The Labute approximate surface area is 121 Å². The van der Waals surface area contributed by atoms with E-state index < -0.39 is 15.9 Å². The zero-order valence-corrected chi connectivity index (χ0v) is 11.8. The van der Waals surface area contributed by atoms with E-state index in [0.717, 1.165) is 0 Å². The average Bonchev–Trinajstić information content (AvgIpc) is 2.92. The minimum atomic E-state index is -4.00. The molecule has 0 aliphatic rings. The van der Waals surface area contributed by atoms with Crippen LogP contribution in [-0.4, -0.2) is 20.2 Å². The lowest BCUT2D eigenvalue weighted by Gasteiger charge is -2.07. The van der Waals surface area contributed by atoms with Crippen molar-refractivity contribution >= 4 is 27.5 Å². The molecule has 0 saturated heterocycles. The maximum absolute atomic E-state index is 12.0. The number of amides is 2. The molecule has 8 heteroatoms. The van der Waals surface area contributed by atoms with Gasteiger partial charge in [0.05, 0.1) is 11.2 Å². The molecule has 21 heavy (non-hydrogen) atoms. The van der Waals surface area contributed by atoms with Crippen molar-refractivity contribution < 1.29 is 22.4 Å². The number of rotatable bonds is 4. The second-order valence-corrected chi connectivity index (χ2v) is 5.80. The third kappa shape index (κ3) is 3.69. The second kappa shape index (κ2) is 5.80. The van der Waals surface area contributed by atoms with Crippen LogP contribution in [0.4, 0.5) is 5.69 Å². The average molecular weight is 308 g/mol. The molecule has 0 unspecified atom stereocenters. The zero-order valence-electron chi connectivity index (χ0n) is 11.0. The summed E-state index contributed by atoms with van der Waals surface area (Å²) in [5, 5.41) is 2.51. The minimum absolute atomic E-state index is 0.100. The third-order valence-corrected chi connectivity index (χ3v) is 3.80. The highest BCUT2D eigenvalue weighted by atomic mass is 32.2. The van der Waals surface area contributed by atoms with E-state index in [4.69, 9.17) is 4.42 Å². The fourth-order valence-electron chi connectivity index (χ4n) is 1.56. The number of carbonyl (C=O) groups excluding carboxylic acids is 2. The Kier molecular flexibility index (Phi) is 4.08. The van der Waals surface area contributed by atoms with Crippen LogP contribution in [0.5, 0.6) is 0 Å². The van der Waals surface area contributed by atoms with Crippen LogP contribution in [0.2, 0.25) is 0 Å². The first-order valence-electron chi connectivity index (χ1n) is 5.87. The number of hydrogen-bond donors (Lipinski definition) is 2. The molecule has 0 atom stereocenters. The van der Waals surface area contributed by atoms with Gasteiger partial charge >= 0.3 is 5.91 Å². The molecule has 0 aliphatic heterocycles. The van der Waals surface area contributed by atoms with E-state index in [9.17, 15) is 18.0 Å². The van der Waals surface area contributed by atoms with Crippen molar-refractivity contribution in [1.29, 1.82) is 0 Å². The van der Waals surface area contributed by atoms with Gasteiger partial charge in [0, 0.05) is 12.6 Å². The summed E-state index contributed by atoms with van der Waals surface area (Å²) >= 11 is 0. The molecule has 2 amide bonds. The van der Waals surface area contributed by atoms with Crippen molar-refractivity contribution in [3.8, 4) is 0 Å². The minimum Gasteiger partial charge on any atom is -0.459 e. The smallest absolute Gasteiger partial charge is 0.300 e. The normalized spacial score (nSPS) is 10.9. The summed E-state index contributed by atoms with van der Waals surface area (Å²) in [5.74, 6) is -1.23. The molecule has 0 spiro atoms. The van der Waals surface area contributed by atoms with Gasteiger partial charge in [-0.05, 0) is 36.4 Å². The van der Waals surface area contributed by atoms with Crippen molar-refractivity contribution in [2.24, 2.45) is 0 Å². The molecule has 7 nitrogen and oxygen atoms in total. The Morgan fingerprint density at radius 2 is 1.76 bits per heavy atom. The lowest BCUT2D eigenvalue weighted by Crippen LogP contribution is -2.30. The summed E-state index contributed by atoms with van der Waals surface area (Å²) in [6, 6.07) is 8.24. The van der Waals surface area contributed by atoms with Crippen LogP contribution in [0, 0.1) is 0 Å². The number of nitrogens with one attached hydrogen (secondary N) is 2. The Balaban J connectivity index is 2.16. The van der Waals surface area contributed by atoms with Gasteiger partial charge < -0.3 is 9.73 Å². The van der Waals surface area contributed by atoms with Crippen molar-refractivity contribution in [3.05, 3.63) is 48.4 Å². The fourth-order valence-corrected chi connectivity index (χ4v) is 2.52. The highest BCUT2D eigenvalue weighted by Crippen LogP contribution is 2.14. The molecular weight excluding hydrogens is 296 g/mol. The van der Waals surface area contributed by atoms with Crippen LogP contribution in [-0.2, 0) is 14.8 Å². The Morgan fingerprint density at radius 1 is 1.10 bits per heavy atom. The summed E-state index contributed by atoms with van der Waals surface area (Å²) in [4.78, 5) is 22.4. The van der Waals surface area contributed by atoms with Crippen molar-refractivity contribution in [3.63, 3.8) is 0 Å². The van der Waals surface area contributed by atoms with E-state index in [2.05, 4.69) is 5.32 Å². The quantitative estimate of drug-likeness (QED) is 0.887. The molecule has 0 aliphatic carbocycles. The maximum Gasteiger partial charge on any atom is 0.300 e. The lowest BCUT2D eigenvalue weighted by atomic mass is 10.3. The molecule has 0 fully saturated rings. The van der Waals surface area contributed by atoms with Crippen LogP contribution in [0.25, 0.3) is 0 Å². The summed E-state index contributed by atoms with van der Waals surface area (Å²) in [7, 11) is -4.00. The Morgan fingerprint density at radius 3 is 2.29 bits per heavy atom. The van der Waals surface area contributed by atoms with E-state index in [1.165, 1.54) is 49.6 Å². The first-order chi connectivity index (χ1) is 9.88. The molecule has 0 radical (unpaired) electrons. The van der Waals surface area contributed by atoms with E-state index in [0.29, 0.717) is 5.69 Å². The van der Waals surface area contributed by atoms with Crippen LogP contribution in [0.3, 0.4) is 0 Å². The van der Waals surface area contributed by atoms with Gasteiger partial charge in [-0.1, -0.05) is 0 Å².